The van der Waals surface area contributed by atoms with E-state index >= 15 is 0 Å². The normalized spacial score (nSPS) is 13.2. The van der Waals surface area contributed by atoms with Gasteiger partial charge in [-0.15, -0.1) is 0 Å². The molecule has 0 fully saturated rings. The summed E-state index contributed by atoms with van der Waals surface area (Å²) in [5.74, 6) is -0.389. The molecule has 0 aliphatic rings. The predicted molar refractivity (Wildman–Crippen MR) is 111 cm³/mol. The standard InChI is InChI=1S/C24H27NO3/c1-3-18(15-17-11-7-5-8-12-17)21-16-22(26)23(24(27)25(21)28)20(4-2)19-13-9-6-10-14-19/h5-14,16,18,20,26,28H,3-4,15H2,1-2H3. The number of hydrogen-bond donors (Lipinski definition) is 2. The van der Waals surface area contributed by atoms with Crippen LogP contribution in [-0.4, -0.2) is 15.0 Å². The van der Waals surface area contributed by atoms with Gasteiger partial charge < -0.3 is 10.3 Å². The summed E-state index contributed by atoms with van der Waals surface area (Å²) < 4.78 is 0.734. The number of benzene rings is 2. The topological polar surface area (TPSA) is 62.5 Å². The molecule has 3 aromatic rings. The minimum absolute atomic E-state index is 0.0486. The first-order valence-corrected chi connectivity index (χ1v) is 9.83. The van der Waals surface area contributed by atoms with Crippen LogP contribution in [0.3, 0.4) is 0 Å². The number of rotatable bonds is 7. The van der Waals surface area contributed by atoms with Gasteiger partial charge in [-0.25, -0.2) is 0 Å². The van der Waals surface area contributed by atoms with Crippen molar-refractivity contribution in [3.63, 3.8) is 0 Å². The minimum Gasteiger partial charge on any atom is -0.507 e. The van der Waals surface area contributed by atoms with Gasteiger partial charge in [0.15, 0.2) is 0 Å². The molecule has 1 aromatic heterocycles. The Morgan fingerprint density at radius 2 is 1.54 bits per heavy atom. The van der Waals surface area contributed by atoms with Crippen LogP contribution in [0.25, 0.3) is 0 Å². The molecule has 2 N–H and O–H groups in total. The first kappa shape index (κ1) is 19.7. The van der Waals surface area contributed by atoms with E-state index in [9.17, 15) is 15.1 Å². The quantitative estimate of drug-likeness (QED) is 0.565. The van der Waals surface area contributed by atoms with Gasteiger partial charge in [0.1, 0.15) is 5.75 Å². The van der Waals surface area contributed by atoms with Crippen molar-refractivity contribution in [1.29, 1.82) is 0 Å². The Morgan fingerprint density at radius 1 is 0.929 bits per heavy atom. The Balaban J connectivity index is 2.03. The maximum atomic E-state index is 13.0. The fraction of sp³-hybridized carbons (Fsp3) is 0.292. The molecular weight excluding hydrogens is 350 g/mol. The number of pyridine rings is 1. The minimum atomic E-state index is -0.544. The highest BCUT2D eigenvalue weighted by Crippen LogP contribution is 2.34. The van der Waals surface area contributed by atoms with E-state index in [1.165, 1.54) is 0 Å². The Bertz CT molecular complexity index is 964. The van der Waals surface area contributed by atoms with Crippen LogP contribution < -0.4 is 5.56 Å². The van der Waals surface area contributed by atoms with E-state index in [2.05, 4.69) is 0 Å². The fourth-order valence-electron chi connectivity index (χ4n) is 3.89. The smallest absolute Gasteiger partial charge is 0.290 e. The van der Waals surface area contributed by atoms with E-state index in [1.807, 2.05) is 74.5 Å². The Hall–Kier alpha value is -3.01. The Kier molecular flexibility index (Phi) is 6.19. The first-order valence-electron chi connectivity index (χ1n) is 9.83. The highest BCUT2D eigenvalue weighted by molar-refractivity contribution is 5.42. The molecular formula is C24H27NO3. The van der Waals surface area contributed by atoms with Crippen molar-refractivity contribution in [2.45, 2.75) is 44.9 Å². The van der Waals surface area contributed by atoms with Gasteiger partial charge >= 0.3 is 0 Å². The first-order chi connectivity index (χ1) is 13.6. The number of nitrogens with zero attached hydrogens (tertiary/aromatic N) is 1. The molecule has 0 saturated heterocycles. The van der Waals surface area contributed by atoms with E-state index in [1.54, 1.807) is 6.07 Å². The van der Waals surface area contributed by atoms with Crippen LogP contribution in [0.1, 0.15) is 60.9 Å². The second kappa shape index (κ2) is 8.79. The van der Waals surface area contributed by atoms with Gasteiger partial charge in [-0.1, -0.05) is 74.5 Å². The average Bonchev–Trinajstić information content (AvgIpc) is 2.73. The molecule has 2 aromatic carbocycles. The van der Waals surface area contributed by atoms with E-state index in [0.29, 0.717) is 18.5 Å². The zero-order valence-corrected chi connectivity index (χ0v) is 16.4. The molecule has 0 bridgehead atoms. The maximum Gasteiger partial charge on any atom is 0.290 e. The van der Waals surface area contributed by atoms with Gasteiger partial charge in [-0.05, 0) is 30.4 Å². The highest BCUT2D eigenvalue weighted by Gasteiger charge is 2.25. The van der Waals surface area contributed by atoms with Crippen LogP contribution >= 0.6 is 0 Å². The van der Waals surface area contributed by atoms with Crippen molar-refractivity contribution in [2.24, 2.45) is 0 Å². The van der Waals surface area contributed by atoms with Crippen molar-refractivity contribution in [2.75, 3.05) is 0 Å². The molecule has 0 saturated carbocycles. The third kappa shape index (κ3) is 3.96. The summed E-state index contributed by atoms with van der Waals surface area (Å²) in [5, 5.41) is 21.4. The lowest BCUT2D eigenvalue weighted by Gasteiger charge is -2.22. The molecule has 4 heteroatoms. The maximum absolute atomic E-state index is 13.0. The second-order valence-electron chi connectivity index (χ2n) is 7.15. The predicted octanol–water partition coefficient (Wildman–Crippen LogP) is 5.07. The van der Waals surface area contributed by atoms with Crippen molar-refractivity contribution in [1.82, 2.24) is 4.73 Å². The van der Waals surface area contributed by atoms with Crippen LogP contribution in [0.4, 0.5) is 0 Å². The SMILES string of the molecule is CCC(Cc1ccccc1)c1cc(O)c(C(CC)c2ccccc2)c(=O)n1O. The fourth-order valence-corrected chi connectivity index (χ4v) is 3.89. The van der Waals surface area contributed by atoms with Gasteiger partial charge in [0.25, 0.3) is 5.56 Å². The lowest BCUT2D eigenvalue weighted by Crippen LogP contribution is -2.28. The summed E-state index contributed by atoms with van der Waals surface area (Å²) in [6.45, 7) is 3.98. The zero-order valence-electron chi connectivity index (χ0n) is 16.4. The molecule has 0 amide bonds. The second-order valence-corrected chi connectivity index (χ2v) is 7.15. The molecule has 4 nitrogen and oxygen atoms in total. The van der Waals surface area contributed by atoms with Crippen molar-refractivity contribution in [3.8, 4) is 5.75 Å². The van der Waals surface area contributed by atoms with Gasteiger partial charge in [-0.2, -0.15) is 4.73 Å². The molecule has 0 radical (unpaired) electrons. The summed E-state index contributed by atoms with van der Waals surface area (Å²) in [5.41, 5.74) is 2.22. The third-order valence-electron chi connectivity index (χ3n) is 5.42. The largest absolute Gasteiger partial charge is 0.507 e. The van der Waals surface area contributed by atoms with Crippen molar-refractivity contribution >= 4 is 0 Å². The Labute approximate surface area is 165 Å². The van der Waals surface area contributed by atoms with Gasteiger partial charge in [0.05, 0.1) is 11.3 Å². The van der Waals surface area contributed by atoms with Crippen LogP contribution in [0, 0.1) is 0 Å². The highest BCUT2D eigenvalue weighted by atomic mass is 16.5. The molecule has 28 heavy (non-hydrogen) atoms. The van der Waals surface area contributed by atoms with E-state index in [4.69, 9.17) is 0 Å². The zero-order chi connectivity index (χ0) is 20.1. The summed E-state index contributed by atoms with van der Waals surface area (Å²) in [6, 6.07) is 21.1. The van der Waals surface area contributed by atoms with E-state index in [-0.39, 0.29) is 23.1 Å². The van der Waals surface area contributed by atoms with Gasteiger partial charge in [0.2, 0.25) is 0 Å². The van der Waals surface area contributed by atoms with Gasteiger partial charge in [-0.3, -0.25) is 4.79 Å². The monoisotopic (exact) mass is 377 g/mol. The molecule has 0 aliphatic carbocycles. The third-order valence-corrected chi connectivity index (χ3v) is 5.42. The summed E-state index contributed by atoms with van der Waals surface area (Å²) in [6.07, 6.45) is 2.07. The molecule has 3 rings (SSSR count). The van der Waals surface area contributed by atoms with Crippen LogP contribution in [-0.2, 0) is 6.42 Å². The summed E-state index contributed by atoms with van der Waals surface area (Å²) >= 11 is 0. The van der Waals surface area contributed by atoms with Crippen molar-refractivity contribution < 1.29 is 10.3 Å². The summed E-state index contributed by atoms with van der Waals surface area (Å²) in [4.78, 5) is 13.0. The average molecular weight is 377 g/mol. The number of aromatic nitrogens is 1. The van der Waals surface area contributed by atoms with E-state index in [0.717, 1.165) is 22.3 Å². The van der Waals surface area contributed by atoms with E-state index < -0.39 is 5.56 Å². The Morgan fingerprint density at radius 3 is 2.11 bits per heavy atom. The number of hydrogen-bond acceptors (Lipinski definition) is 3. The van der Waals surface area contributed by atoms with Crippen molar-refractivity contribution in [3.05, 3.63) is 99.5 Å². The van der Waals surface area contributed by atoms with Crippen LogP contribution in [0.5, 0.6) is 5.75 Å². The summed E-state index contributed by atoms with van der Waals surface area (Å²) in [7, 11) is 0. The molecule has 146 valence electrons. The lowest BCUT2D eigenvalue weighted by atomic mass is 9.87. The molecule has 1 heterocycles. The van der Waals surface area contributed by atoms with Gasteiger partial charge in [0, 0.05) is 17.9 Å². The molecule has 0 spiro atoms. The number of aromatic hydroxyl groups is 1. The molecule has 2 atom stereocenters. The molecule has 0 aliphatic heterocycles. The van der Waals surface area contributed by atoms with Crippen LogP contribution in [0.15, 0.2) is 71.5 Å². The molecule has 2 unspecified atom stereocenters. The lowest BCUT2D eigenvalue weighted by molar-refractivity contribution is 0.157. The van der Waals surface area contributed by atoms with Crippen LogP contribution in [0.2, 0.25) is 0 Å².